The number of nitriles is 1. The van der Waals surface area contributed by atoms with Crippen molar-refractivity contribution >= 4 is 33.3 Å². The number of nitrogens with one attached hydrogen (secondary N) is 2. The first-order valence-corrected chi connectivity index (χ1v) is 6.69. The summed E-state index contributed by atoms with van der Waals surface area (Å²) in [5.74, 6) is -1.41. The molecule has 0 aliphatic carbocycles. The topological polar surface area (TPSA) is 77.8 Å². The second kappa shape index (κ2) is 6.33. The molecule has 0 spiro atoms. The van der Waals surface area contributed by atoms with Crippen molar-refractivity contribution in [1.29, 1.82) is 5.26 Å². The van der Waals surface area contributed by atoms with Gasteiger partial charge in [-0.15, -0.1) is 0 Å². The highest BCUT2D eigenvalue weighted by Gasteiger charge is 2.16. The van der Waals surface area contributed by atoms with E-state index in [0.29, 0.717) is 10.2 Å². The molecule has 0 bridgehead atoms. The molecular weight excluding hydrogens is 339 g/mol. The molecular formula is C14H10BrFN4O. The molecule has 0 radical (unpaired) electrons. The van der Waals surface area contributed by atoms with E-state index in [9.17, 15) is 9.18 Å². The minimum atomic E-state index is -0.742. The van der Waals surface area contributed by atoms with Crippen molar-refractivity contribution in [2.45, 2.75) is 0 Å². The molecule has 1 heterocycles. The standard InChI is InChI=1S/C14H10BrFN4O/c1-18-13-12(16)10(4-5-19-13)14(21)20-11-3-2-9(15)6-8(11)7-17/h2-6H,1H3,(H,18,19)(H,20,21). The minimum Gasteiger partial charge on any atom is -0.371 e. The van der Waals surface area contributed by atoms with Crippen LogP contribution in [0.3, 0.4) is 0 Å². The van der Waals surface area contributed by atoms with Crippen LogP contribution in [0.5, 0.6) is 0 Å². The summed E-state index contributed by atoms with van der Waals surface area (Å²) in [6, 6.07) is 8.06. The fraction of sp³-hybridized carbons (Fsp3) is 0.0714. The number of carbonyl (C=O) groups excluding carboxylic acids is 1. The maximum absolute atomic E-state index is 14.0. The van der Waals surface area contributed by atoms with E-state index in [1.807, 2.05) is 6.07 Å². The van der Waals surface area contributed by atoms with Crippen molar-refractivity contribution in [1.82, 2.24) is 4.98 Å². The quantitative estimate of drug-likeness (QED) is 0.892. The predicted octanol–water partition coefficient (Wildman–Crippen LogP) is 3.15. The molecule has 1 aromatic heterocycles. The molecule has 0 aliphatic heterocycles. The Kier molecular flexibility index (Phi) is 4.50. The van der Waals surface area contributed by atoms with E-state index in [4.69, 9.17) is 5.26 Å². The molecule has 5 nitrogen and oxygen atoms in total. The van der Waals surface area contributed by atoms with Crippen LogP contribution in [0.2, 0.25) is 0 Å². The van der Waals surface area contributed by atoms with Gasteiger partial charge in [0.15, 0.2) is 11.6 Å². The van der Waals surface area contributed by atoms with Crippen LogP contribution in [0, 0.1) is 17.1 Å². The minimum absolute atomic E-state index is 0.0148. The Labute approximate surface area is 128 Å². The largest absolute Gasteiger partial charge is 0.371 e. The lowest BCUT2D eigenvalue weighted by molar-refractivity contribution is 0.102. The summed E-state index contributed by atoms with van der Waals surface area (Å²) in [6.07, 6.45) is 1.33. The molecule has 0 aliphatic rings. The molecule has 0 saturated heterocycles. The van der Waals surface area contributed by atoms with Gasteiger partial charge >= 0.3 is 0 Å². The third-order valence-electron chi connectivity index (χ3n) is 2.72. The summed E-state index contributed by atoms with van der Waals surface area (Å²) in [5.41, 5.74) is 0.440. The number of pyridine rings is 1. The van der Waals surface area contributed by atoms with Crippen LogP contribution in [0.1, 0.15) is 15.9 Å². The molecule has 0 unspecified atom stereocenters. The van der Waals surface area contributed by atoms with Crippen LogP contribution in [-0.4, -0.2) is 17.9 Å². The van der Waals surface area contributed by atoms with E-state index in [2.05, 4.69) is 31.5 Å². The first kappa shape index (κ1) is 14.9. The molecule has 7 heteroatoms. The third kappa shape index (κ3) is 3.17. The van der Waals surface area contributed by atoms with Crippen LogP contribution in [-0.2, 0) is 0 Å². The van der Waals surface area contributed by atoms with Crippen LogP contribution < -0.4 is 10.6 Å². The smallest absolute Gasteiger partial charge is 0.258 e. The number of amides is 1. The van der Waals surface area contributed by atoms with Gasteiger partial charge in [-0.1, -0.05) is 15.9 Å². The molecule has 21 heavy (non-hydrogen) atoms. The molecule has 1 aromatic carbocycles. The highest BCUT2D eigenvalue weighted by atomic mass is 79.9. The summed E-state index contributed by atoms with van der Waals surface area (Å²) in [6.45, 7) is 0. The number of halogens is 2. The van der Waals surface area contributed by atoms with E-state index < -0.39 is 11.7 Å². The Morgan fingerprint density at radius 3 is 2.86 bits per heavy atom. The zero-order chi connectivity index (χ0) is 15.4. The number of hydrogen-bond donors (Lipinski definition) is 2. The number of benzene rings is 1. The number of aromatic nitrogens is 1. The maximum Gasteiger partial charge on any atom is 0.258 e. The van der Waals surface area contributed by atoms with Gasteiger partial charge in [0.2, 0.25) is 0 Å². The fourth-order valence-corrected chi connectivity index (χ4v) is 2.06. The number of carbonyl (C=O) groups is 1. The molecule has 0 fully saturated rings. The summed E-state index contributed by atoms with van der Waals surface area (Å²) >= 11 is 3.24. The van der Waals surface area contributed by atoms with Gasteiger partial charge in [-0.05, 0) is 24.3 Å². The first-order valence-electron chi connectivity index (χ1n) is 5.90. The van der Waals surface area contributed by atoms with Crippen LogP contribution in [0.15, 0.2) is 34.9 Å². The van der Waals surface area contributed by atoms with Crippen LogP contribution >= 0.6 is 15.9 Å². The van der Waals surface area contributed by atoms with Crippen LogP contribution in [0.25, 0.3) is 0 Å². The van der Waals surface area contributed by atoms with Gasteiger partial charge in [-0.3, -0.25) is 4.79 Å². The van der Waals surface area contributed by atoms with E-state index >= 15 is 0 Å². The SMILES string of the molecule is CNc1nccc(C(=O)Nc2ccc(Br)cc2C#N)c1F. The van der Waals surface area contributed by atoms with Crippen molar-refractivity contribution in [3.05, 3.63) is 51.9 Å². The molecule has 0 atom stereocenters. The number of hydrogen-bond acceptors (Lipinski definition) is 4. The third-order valence-corrected chi connectivity index (χ3v) is 3.21. The Balaban J connectivity index is 2.33. The van der Waals surface area contributed by atoms with Crippen molar-refractivity contribution in [3.63, 3.8) is 0 Å². The second-order valence-electron chi connectivity index (χ2n) is 4.03. The lowest BCUT2D eigenvalue weighted by atomic mass is 10.1. The van der Waals surface area contributed by atoms with Gasteiger partial charge in [0, 0.05) is 17.7 Å². The average molecular weight is 349 g/mol. The molecule has 2 rings (SSSR count). The van der Waals surface area contributed by atoms with Gasteiger partial charge in [0.05, 0.1) is 16.8 Å². The van der Waals surface area contributed by atoms with Gasteiger partial charge < -0.3 is 10.6 Å². The summed E-state index contributed by atoms with van der Waals surface area (Å²) < 4.78 is 14.7. The highest BCUT2D eigenvalue weighted by Crippen LogP contribution is 2.22. The van der Waals surface area contributed by atoms with Gasteiger partial charge in [-0.2, -0.15) is 5.26 Å². The molecule has 1 amide bonds. The Morgan fingerprint density at radius 2 is 2.19 bits per heavy atom. The molecule has 0 saturated carbocycles. The van der Waals surface area contributed by atoms with Crippen molar-refractivity contribution < 1.29 is 9.18 Å². The Hall–Kier alpha value is -2.46. The van der Waals surface area contributed by atoms with E-state index in [1.165, 1.54) is 19.3 Å². The van der Waals surface area contributed by atoms with Gasteiger partial charge in [-0.25, -0.2) is 9.37 Å². The van der Waals surface area contributed by atoms with Crippen molar-refractivity contribution in [3.8, 4) is 6.07 Å². The number of nitrogens with zero attached hydrogens (tertiary/aromatic N) is 2. The normalized spacial score (nSPS) is 9.81. The number of rotatable bonds is 3. The van der Waals surface area contributed by atoms with E-state index in [0.717, 1.165) is 0 Å². The molecule has 106 valence electrons. The molecule has 2 N–H and O–H groups in total. The van der Waals surface area contributed by atoms with Crippen LogP contribution in [0.4, 0.5) is 15.9 Å². The average Bonchev–Trinajstić information content (AvgIpc) is 2.49. The highest BCUT2D eigenvalue weighted by molar-refractivity contribution is 9.10. The lowest BCUT2D eigenvalue weighted by Crippen LogP contribution is -2.16. The summed E-state index contributed by atoms with van der Waals surface area (Å²) in [4.78, 5) is 15.9. The van der Waals surface area contributed by atoms with E-state index in [1.54, 1.807) is 18.2 Å². The van der Waals surface area contributed by atoms with E-state index in [-0.39, 0.29) is 16.9 Å². The Morgan fingerprint density at radius 1 is 1.43 bits per heavy atom. The number of anilines is 2. The fourth-order valence-electron chi connectivity index (χ4n) is 1.70. The lowest BCUT2D eigenvalue weighted by Gasteiger charge is -2.09. The van der Waals surface area contributed by atoms with Crippen molar-refractivity contribution in [2.24, 2.45) is 0 Å². The predicted molar refractivity (Wildman–Crippen MR) is 80.6 cm³/mol. The zero-order valence-electron chi connectivity index (χ0n) is 10.9. The molecule has 2 aromatic rings. The monoisotopic (exact) mass is 348 g/mol. The second-order valence-corrected chi connectivity index (χ2v) is 4.94. The summed E-state index contributed by atoms with van der Waals surface area (Å²) in [5, 5.41) is 14.1. The first-order chi connectivity index (χ1) is 10.1. The van der Waals surface area contributed by atoms with Gasteiger partial charge in [0.25, 0.3) is 5.91 Å². The Bertz CT molecular complexity index is 742. The maximum atomic E-state index is 14.0. The van der Waals surface area contributed by atoms with Gasteiger partial charge in [0.1, 0.15) is 6.07 Å². The summed E-state index contributed by atoms with van der Waals surface area (Å²) in [7, 11) is 1.51. The zero-order valence-corrected chi connectivity index (χ0v) is 12.5. The van der Waals surface area contributed by atoms with Crippen molar-refractivity contribution in [2.75, 3.05) is 17.7 Å².